The smallest absolute Gasteiger partial charge is 0.0341 e. The summed E-state index contributed by atoms with van der Waals surface area (Å²) in [4.78, 5) is 0. The highest BCUT2D eigenvalue weighted by molar-refractivity contribution is 4.12. The Morgan fingerprint density at radius 1 is 1.17 bits per heavy atom. The predicted octanol–water partition coefficient (Wildman–Crippen LogP) is 0.279. The summed E-state index contributed by atoms with van der Waals surface area (Å²) in [5, 5.41) is 1.83. The van der Waals surface area contributed by atoms with Crippen LogP contribution >= 0.6 is 0 Å². The minimum absolute atomic E-state index is 0.500. The van der Waals surface area contributed by atoms with E-state index >= 15 is 0 Å². The van der Waals surface area contributed by atoms with Gasteiger partial charge in [-0.2, -0.15) is 0 Å². The first-order chi connectivity index (χ1) is 2.64. The van der Waals surface area contributed by atoms with E-state index in [2.05, 4.69) is 0 Å². The molecular weight excluding hydrogens is 83.0 g/mol. The molecule has 0 spiro atoms. The van der Waals surface area contributed by atoms with Crippen LogP contribution in [-0.2, 0) is 0 Å². The van der Waals surface area contributed by atoms with E-state index in [-0.39, 0.29) is 0 Å². The van der Waals surface area contributed by atoms with Crippen molar-refractivity contribution in [3.63, 3.8) is 0 Å². The lowest BCUT2D eigenvalue weighted by Crippen LogP contribution is -2.24. The van der Waals surface area contributed by atoms with Crippen molar-refractivity contribution in [1.29, 1.82) is 0 Å². The maximum Gasteiger partial charge on any atom is 0.0341 e. The molecule has 0 saturated heterocycles. The molecule has 0 bridgehead atoms. The summed E-state index contributed by atoms with van der Waals surface area (Å²) in [6.45, 7) is 0. The van der Waals surface area contributed by atoms with Crippen LogP contribution < -0.4 is 0 Å². The summed E-state index contributed by atoms with van der Waals surface area (Å²) >= 11 is 0. The summed E-state index contributed by atoms with van der Waals surface area (Å²) in [5.74, 6) is 0. The molecule has 0 rings (SSSR count). The second kappa shape index (κ2) is 2.10. The van der Waals surface area contributed by atoms with E-state index in [0.717, 1.165) is 0 Å². The second-order valence-corrected chi connectivity index (χ2v) is 1.29. The zero-order valence-corrected chi connectivity index (χ0v) is 4.27. The van der Waals surface area contributed by atoms with Crippen LogP contribution in [0.15, 0.2) is 0 Å². The van der Waals surface area contributed by atoms with E-state index in [0.29, 0.717) is 5.23 Å². The van der Waals surface area contributed by atoms with Gasteiger partial charge in [-0.05, 0) is 0 Å². The van der Waals surface area contributed by atoms with Crippen molar-refractivity contribution in [3.05, 3.63) is 0 Å². The molecule has 0 radical (unpaired) electrons. The minimum atomic E-state index is 0.500. The Balaban J connectivity index is 2.99. The molecule has 3 heteroatoms. The lowest BCUT2D eigenvalue weighted by molar-refractivity contribution is -0.117. The molecule has 0 atom stereocenters. The van der Waals surface area contributed by atoms with E-state index in [9.17, 15) is 4.48 Å². The van der Waals surface area contributed by atoms with Crippen LogP contribution in [0.4, 0.5) is 4.48 Å². The fourth-order valence-corrected chi connectivity index (χ4v) is 0. The molecule has 2 nitrogen and oxygen atoms in total. The lowest BCUT2D eigenvalue weighted by Gasteiger charge is -2.11. The largest absolute Gasteiger partial charge is 0.221 e. The van der Waals surface area contributed by atoms with Gasteiger partial charge in [-0.3, -0.25) is 0 Å². The van der Waals surface area contributed by atoms with Gasteiger partial charge in [0.1, 0.15) is 0 Å². The Morgan fingerprint density at radius 2 is 1.33 bits per heavy atom. The highest BCUT2D eigenvalue weighted by Crippen LogP contribution is 1.80. The third kappa shape index (κ3) is 2.11. The maximum absolute atomic E-state index is 11.6. The van der Waals surface area contributed by atoms with E-state index in [4.69, 9.17) is 0 Å². The molecule has 0 fully saturated rings. The highest BCUT2D eigenvalue weighted by Gasteiger charge is 1.90. The fourth-order valence-electron chi connectivity index (χ4n) is 0. The first kappa shape index (κ1) is 5.85. The molecule has 0 aromatic rings. The first-order valence-electron chi connectivity index (χ1n) is 1.71. The zero-order chi connectivity index (χ0) is 5.15. The van der Waals surface area contributed by atoms with Crippen molar-refractivity contribution >= 4 is 0 Å². The third-order valence-corrected chi connectivity index (χ3v) is 0.551. The van der Waals surface area contributed by atoms with Crippen molar-refractivity contribution < 1.29 is 4.48 Å². The van der Waals surface area contributed by atoms with Gasteiger partial charge in [0, 0.05) is 21.1 Å². The zero-order valence-electron chi connectivity index (χ0n) is 4.27. The van der Waals surface area contributed by atoms with Crippen molar-refractivity contribution in [2.45, 2.75) is 0 Å². The van der Waals surface area contributed by atoms with Gasteiger partial charge in [-0.25, -0.2) is 5.01 Å². The molecule has 6 heavy (non-hydrogen) atoms. The van der Waals surface area contributed by atoms with Crippen LogP contribution in [-0.4, -0.2) is 31.4 Å². The number of halogens is 1. The molecule has 0 aromatic heterocycles. The molecule has 0 aliphatic carbocycles. The molecule has 0 aliphatic rings. The monoisotopic (exact) mass is 92.1 g/mol. The van der Waals surface area contributed by atoms with Crippen LogP contribution in [0.5, 0.6) is 0 Å². The van der Waals surface area contributed by atoms with E-state index in [1.165, 1.54) is 12.1 Å². The van der Waals surface area contributed by atoms with Crippen molar-refractivity contribution in [2.24, 2.45) is 0 Å². The SMILES string of the molecule is CN(C)N(C)F. The standard InChI is InChI=1S/C3H9FN2/c1-5(2)6(3)4/h1-3H3. The van der Waals surface area contributed by atoms with Crippen molar-refractivity contribution in [3.8, 4) is 0 Å². The molecule has 0 aliphatic heterocycles. The number of hydrogen-bond acceptors (Lipinski definition) is 2. The molecule has 0 aromatic carbocycles. The average Bonchev–Trinajstić information content (AvgIpc) is 1.36. The van der Waals surface area contributed by atoms with Crippen LogP contribution in [0.3, 0.4) is 0 Å². The first-order valence-corrected chi connectivity index (χ1v) is 1.71. The van der Waals surface area contributed by atoms with E-state index < -0.39 is 0 Å². The van der Waals surface area contributed by atoms with Gasteiger partial charge in [-0.15, -0.1) is 4.48 Å². The summed E-state index contributed by atoms with van der Waals surface area (Å²) in [6.07, 6.45) is 0. The lowest BCUT2D eigenvalue weighted by atomic mass is 11.1. The molecular formula is C3H9FN2. The predicted molar refractivity (Wildman–Crippen MR) is 22.6 cm³/mol. The van der Waals surface area contributed by atoms with E-state index in [1.807, 2.05) is 0 Å². The Kier molecular flexibility index (Phi) is 2.05. The molecule has 0 heterocycles. The number of hydrogen-bond donors (Lipinski definition) is 0. The van der Waals surface area contributed by atoms with Gasteiger partial charge in [0.2, 0.25) is 0 Å². The highest BCUT2D eigenvalue weighted by atomic mass is 19.2. The Bertz CT molecular complexity index is 29.8. The van der Waals surface area contributed by atoms with Gasteiger partial charge in [0.25, 0.3) is 0 Å². The summed E-state index contributed by atoms with van der Waals surface area (Å²) in [7, 11) is 4.58. The topological polar surface area (TPSA) is 6.48 Å². The summed E-state index contributed by atoms with van der Waals surface area (Å²) < 4.78 is 11.6. The van der Waals surface area contributed by atoms with Crippen LogP contribution in [0.1, 0.15) is 0 Å². The Labute approximate surface area is 37.1 Å². The van der Waals surface area contributed by atoms with Gasteiger partial charge >= 0.3 is 0 Å². The molecule has 0 saturated carbocycles. The molecule has 0 amide bonds. The minimum Gasteiger partial charge on any atom is -0.221 e. The van der Waals surface area contributed by atoms with Crippen LogP contribution in [0.2, 0.25) is 0 Å². The van der Waals surface area contributed by atoms with Crippen molar-refractivity contribution in [1.82, 2.24) is 10.2 Å². The fraction of sp³-hybridized carbons (Fsp3) is 1.00. The van der Waals surface area contributed by atoms with Crippen LogP contribution in [0, 0.1) is 0 Å². The van der Waals surface area contributed by atoms with Gasteiger partial charge in [0.05, 0.1) is 0 Å². The second-order valence-electron chi connectivity index (χ2n) is 1.29. The maximum atomic E-state index is 11.6. The van der Waals surface area contributed by atoms with Crippen LogP contribution in [0.25, 0.3) is 0 Å². The molecule has 0 N–H and O–H groups in total. The van der Waals surface area contributed by atoms with E-state index in [1.54, 1.807) is 14.1 Å². The van der Waals surface area contributed by atoms with Crippen molar-refractivity contribution in [2.75, 3.05) is 21.1 Å². The molecule has 38 valence electrons. The third-order valence-electron chi connectivity index (χ3n) is 0.551. The Morgan fingerprint density at radius 3 is 1.33 bits per heavy atom. The van der Waals surface area contributed by atoms with Gasteiger partial charge in [-0.1, -0.05) is 5.23 Å². The quantitative estimate of drug-likeness (QED) is 0.338. The number of hydrazine groups is 1. The van der Waals surface area contributed by atoms with Gasteiger partial charge < -0.3 is 0 Å². The summed E-state index contributed by atoms with van der Waals surface area (Å²) in [5.41, 5.74) is 0. The van der Waals surface area contributed by atoms with Gasteiger partial charge in [0.15, 0.2) is 0 Å². The summed E-state index contributed by atoms with van der Waals surface area (Å²) in [6, 6.07) is 0. The normalized spacial score (nSPS) is 11.0. The number of rotatable bonds is 1. The average molecular weight is 92.1 g/mol. The Hall–Kier alpha value is -0.150. The molecule has 0 unspecified atom stereocenters. The number of nitrogens with zero attached hydrogens (tertiary/aromatic N) is 2.